The second-order valence-corrected chi connectivity index (χ2v) is 5.44. The number of aromatic nitrogens is 2. The zero-order valence-electron chi connectivity index (χ0n) is 13.8. The molecule has 1 amide bonds. The lowest BCUT2D eigenvalue weighted by atomic mass is 10.2. The highest BCUT2D eigenvalue weighted by Crippen LogP contribution is 2.27. The minimum absolute atomic E-state index is 0.243. The van der Waals surface area contributed by atoms with Crippen LogP contribution in [0.25, 0.3) is 11.5 Å². The second-order valence-electron chi connectivity index (χ2n) is 5.44. The van der Waals surface area contributed by atoms with Crippen LogP contribution in [0.2, 0.25) is 0 Å². The molecule has 3 rings (SSSR count). The number of hydrogen-bond donors (Lipinski definition) is 1. The molecule has 0 aliphatic carbocycles. The number of nitro groups is 1. The van der Waals surface area contributed by atoms with E-state index in [1.807, 2.05) is 30.3 Å². The first-order chi connectivity index (χ1) is 12.5. The Morgan fingerprint density at radius 1 is 1.35 bits per heavy atom. The highest BCUT2D eigenvalue weighted by Gasteiger charge is 2.18. The topological polar surface area (TPSA) is 116 Å². The average Bonchev–Trinajstić information content (AvgIpc) is 3.22. The van der Waals surface area contributed by atoms with Gasteiger partial charge in [0.15, 0.2) is 5.76 Å². The van der Waals surface area contributed by atoms with E-state index in [0.29, 0.717) is 17.8 Å². The Morgan fingerprint density at radius 2 is 2.12 bits per heavy atom. The number of amides is 1. The molecule has 0 bridgehead atoms. The van der Waals surface area contributed by atoms with Crippen molar-refractivity contribution in [1.82, 2.24) is 15.2 Å². The zero-order chi connectivity index (χ0) is 18.5. The zero-order valence-corrected chi connectivity index (χ0v) is 13.8. The maximum absolute atomic E-state index is 11.0. The summed E-state index contributed by atoms with van der Waals surface area (Å²) in [6, 6.07) is 12.4. The molecule has 26 heavy (non-hydrogen) atoms. The van der Waals surface area contributed by atoms with Crippen LogP contribution in [-0.2, 0) is 11.3 Å². The van der Waals surface area contributed by atoms with E-state index < -0.39 is 4.92 Å². The summed E-state index contributed by atoms with van der Waals surface area (Å²) in [6.45, 7) is 1.84. The molecule has 0 saturated carbocycles. The second kappa shape index (κ2) is 7.43. The van der Waals surface area contributed by atoms with Gasteiger partial charge in [0.25, 0.3) is 0 Å². The van der Waals surface area contributed by atoms with Crippen molar-refractivity contribution in [2.24, 2.45) is 5.10 Å². The molecule has 0 aliphatic heterocycles. The standard InChI is InChI=1S/C17H15N5O4/c1-12(23)19-18-9-14-11-21(10-13-5-3-2-4-6-13)20-17(14)15-7-8-16(26-15)22(24)25/h2-9,11H,10H2,1H3,(H,19,23). The molecule has 9 nitrogen and oxygen atoms in total. The number of benzene rings is 1. The fourth-order valence-electron chi connectivity index (χ4n) is 2.32. The molecule has 0 saturated heterocycles. The molecular weight excluding hydrogens is 338 g/mol. The summed E-state index contributed by atoms with van der Waals surface area (Å²) < 4.78 is 6.91. The van der Waals surface area contributed by atoms with E-state index in [0.717, 1.165) is 5.56 Å². The SMILES string of the molecule is CC(=O)NN=Cc1cn(Cc2ccccc2)nc1-c1ccc([N+](=O)[O-])o1. The van der Waals surface area contributed by atoms with Gasteiger partial charge in [-0.15, -0.1) is 0 Å². The van der Waals surface area contributed by atoms with Gasteiger partial charge in [0, 0.05) is 18.7 Å². The molecule has 3 aromatic rings. The number of nitrogens with zero attached hydrogens (tertiary/aromatic N) is 4. The first-order valence-corrected chi connectivity index (χ1v) is 7.68. The predicted octanol–water partition coefficient (Wildman–Crippen LogP) is 2.57. The van der Waals surface area contributed by atoms with Crippen molar-refractivity contribution in [2.45, 2.75) is 13.5 Å². The van der Waals surface area contributed by atoms with Crippen molar-refractivity contribution < 1.29 is 14.1 Å². The van der Waals surface area contributed by atoms with Gasteiger partial charge in [0.1, 0.15) is 10.6 Å². The van der Waals surface area contributed by atoms with E-state index >= 15 is 0 Å². The van der Waals surface area contributed by atoms with Crippen LogP contribution in [0.1, 0.15) is 18.1 Å². The maximum Gasteiger partial charge on any atom is 0.433 e. The van der Waals surface area contributed by atoms with Crippen LogP contribution in [0.3, 0.4) is 0 Å². The third-order valence-electron chi connectivity index (χ3n) is 3.41. The number of carbonyl (C=O) groups excluding carboxylic acids is 1. The molecule has 9 heteroatoms. The summed E-state index contributed by atoms with van der Waals surface area (Å²) >= 11 is 0. The molecule has 0 fully saturated rings. The Hall–Kier alpha value is -3.75. The molecule has 0 radical (unpaired) electrons. The Balaban J connectivity index is 1.95. The van der Waals surface area contributed by atoms with Crippen LogP contribution in [0, 0.1) is 10.1 Å². The number of carbonyl (C=O) groups is 1. The molecule has 2 aromatic heterocycles. The van der Waals surface area contributed by atoms with Gasteiger partial charge in [-0.05, 0) is 11.6 Å². The van der Waals surface area contributed by atoms with E-state index in [1.54, 1.807) is 10.9 Å². The van der Waals surface area contributed by atoms with E-state index in [2.05, 4.69) is 15.6 Å². The lowest BCUT2D eigenvalue weighted by Crippen LogP contribution is -2.12. The van der Waals surface area contributed by atoms with Crippen LogP contribution in [0.5, 0.6) is 0 Å². The van der Waals surface area contributed by atoms with Gasteiger partial charge >= 0.3 is 5.88 Å². The molecule has 0 aliphatic rings. The summed E-state index contributed by atoms with van der Waals surface area (Å²) in [6.07, 6.45) is 3.14. The minimum Gasteiger partial charge on any atom is -0.399 e. The number of furan rings is 1. The fraction of sp³-hybridized carbons (Fsp3) is 0.118. The summed E-state index contributed by atoms with van der Waals surface area (Å²) in [5, 5.41) is 19.1. The molecule has 2 heterocycles. The third kappa shape index (κ3) is 4.01. The van der Waals surface area contributed by atoms with Crippen molar-refractivity contribution in [3.05, 3.63) is 69.9 Å². The summed E-state index contributed by atoms with van der Waals surface area (Å²) in [7, 11) is 0. The van der Waals surface area contributed by atoms with Crippen LogP contribution < -0.4 is 5.43 Å². The molecule has 1 N–H and O–H groups in total. The van der Waals surface area contributed by atoms with Crippen LogP contribution in [0.4, 0.5) is 5.88 Å². The number of rotatable bonds is 6. The van der Waals surface area contributed by atoms with Crippen LogP contribution >= 0.6 is 0 Å². The smallest absolute Gasteiger partial charge is 0.399 e. The quantitative estimate of drug-likeness (QED) is 0.415. The van der Waals surface area contributed by atoms with Crippen LogP contribution in [0.15, 0.2) is 58.2 Å². The molecule has 1 aromatic carbocycles. The third-order valence-corrected chi connectivity index (χ3v) is 3.41. The Labute approximate surface area is 148 Å². The highest BCUT2D eigenvalue weighted by molar-refractivity contribution is 5.88. The molecule has 0 atom stereocenters. The average molecular weight is 353 g/mol. The van der Waals surface area contributed by atoms with E-state index in [4.69, 9.17) is 4.42 Å². The summed E-state index contributed by atoms with van der Waals surface area (Å²) in [5.41, 5.74) is 4.30. The lowest BCUT2D eigenvalue weighted by Gasteiger charge is -2.00. The van der Waals surface area contributed by atoms with E-state index in [1.165, 1.54) is 25.3 Å². The van der Waals surface area contributed by atoms with Crippen molar-refractivity contribution >= 4 is 18.0 Å². The van der Waals surface area contributed by atoms with Gasteiger partial charge in [0.05, 0.1) is 18.8 Å². The van der Waals surface area contributed by atoms with Gasteiger partial charge in [-0.25, -0.2) is 5.43 Å². The molecule has 132 valence electrons. The van der Waals surface area contributed by atoms with E-state index in [9.17, 15) is 14.9 Å². The van der Waals surface area contributed by atoms with Gasteiger partial charge in [0.2, 0.25) is 5.91 Å². The first-order valence-electron chi connectivity index (χ1n) is 7.68. The summed E-state index contributed by atoms with van der Waals surface area (Å²) in [4.78, 5) is 21.2. The monoisotopic (exact) mass is 353 g/mol. The highest BCUT2D eigenvalue weighted by atomic mass is 16.6. The van der Waals surface area contributed by atoms with Crippen LogP contribution in [-0.4, -0.2) is 26.8 Å². The Bertz CT molecular complexity index is 959. The largest absolute Gasteiger partial charge is 0.433 e. The van der Waals surface area contributed by atoms with Crippen molar-refractivity contribution in [3.8, 4) is 11.5 Å². The maximum atomic E-state index is 11.0. The minimum atomic E-state index is -0.616. The van der Waals surface area contributed by atoms with Crippen molar-refractivity contribution in [2.75, 3.05) is 0 Å². The van der Waals surface area contributed by atoms with Gasteiger partial charge in [-0.3, -0.25) is 19.6 Å². The predicted molar refractivity (Wildman–Crippen MR) is 93.5 cm³/mol. The van der Waals surface area contributed by atoms with Gasteiger partial charge in [-0.1, -0.05) is 30.3 Å². The Kier molecular flexibility index (Phi) is 4.88. The summed E-state index contributed by atoms with van der Waals surface area (Å²) in [5.74, 6) is -0.441. The molecular formula is C17H15N5O4. The van der Waals surface area contributed by atoms with Gasteiger partial charge < -0.3 is 4.42 Å². The van der Waals surface area contributed by atoms with Crippen molar-refractivity contribution in [1.29, 1.82) is 0 Å². The van der Waals surface area contributed by atoms with Gasteiger partial charge in [-0.2, -0.15) is 10.2 Å². The normalized spacial score (nSPS) is 11.0. The number of hydrogen-bond acceptors (Lipinski definition) is 6. The molecule has 0 unspecified atom stereocenters. The fourth-order valence-corrected chi connectivity index (χ4v) is 2.32. The lowest BCUT2D eigenvalue weighted by molar-refractivity contribution is -0.401. The number of nitrogens with one attached hydrogen (secondary N) is 1. The first kappa shape index (κ1) is 17.1. The molecule has 0 spiro atoms. The number of hydrazone groups is 1. The Morgan fingerprint density at radius 3 is 2.77 bits per heavy atom. The van der Waals surface area contributed by atoms with Crippen molar-refractivity contribution in [3.63, 3.8) is 0 Å². The van der Waals surface area contributed by atoms with E-state index in [-0.39, 0.29) is 17.6 Å².